The highest BCUT2D eigenvalue weighted by atomic mass is 16.5. The van der Waals surface area contributed by atoms with E-state index in [-0.39, 0.29) is 18.0 Å². The van der Waals surface area contributed by atoms with Gasteiger partial charge in [-0.05, 0) is 6.92 Å². The van der Waals surface area contributed by atoms with E-state index in [1.807, 2.05) is 0 Å². The molecule has 0 saturated carbocycles. The Hall–Kier alpha value is -1.71. The topological polar surface area (TPSA) is 55.8 Å². The zero-order chi connectivity index (χ0) is 11.4. The number of phenolic OH excluding ortho intramolecular Hbond substituents is 1. The summed E-state index contributed by atoms with van der Waals surface area (Å²) in [5.41, 5.74) is 0.658. The van der Waals surface area contributed by atoms with Crippen molar-refractivity contribution < 1.29 is 19.4 Å². The van der Waals surface area contributed by atoms with Crippen LogP contribution in [-0.2, 0) is 11.2 Å². The second kappa shape index (κ2) is 4.68. The average molecular weight is 210 g/mol. The van der Waals surface area contributed by atoms with Gasteiger partial charge < -0.3 is 14.6 Å². The normalized spacial score (nSPS) is 9.80. The van der Waals surface area contributed by atoms with Crippen LogP contribution in [0.25, 0.3) is 0 Å². The maximum Gasteiger partial charge on any atom is 0.134 e. The number of Topliss-reactive ketones (excluding diaryl/α,β-unsaturated/α-hetero) is 1. The van der Waals surface area contributed by atoms with E-state index in [2.05, 4.69) is 0 Å². The van der Waals surface area contributed by atoms with Crippen LogP contribution < -0.4 is 9.47 Å². The van der Waals surface area contributed by atoms with E-state index < -0.39 is 0 Å². The summed E-state index contributed by atoms with van der Waals surface area (Å²) >= 11 is 0. The van der Waals surface area contributed by atoms with Gasteiger partial charge in [0.2, 0.25) is 0 Å². The Morgan fingerprint density at radius 3 is 2.07 bits per heavy atom. The van der Waals surface area contributed by atoms with Gasteiger partial charge in [-0.1, -0.05) is 0 Å². The number of ketones is 1. The fourth-order valence-corrected chi connectivity index (χ4v) is 1.39. The highest BCUT2D eigenvalue weighted by Crippen LogP contribution is 2.33. The van der Waals surface area contributed by atoms with Crippen LogP contribution in [0.5, 0.6) is 17.2 Å². The third kappa shape index (κ3) is 2.62. The summed E-state index contributed by atoms with van der Waals surface area (Å²) in [6.07, 6.45) is 0.229. The number of ether oxygens (including phenoxy) is 2. The molecule has 0 spiro atoms. The molecule has 0 aromatic heterocycles. The van der Waals surface area contributed by atoms with Crippen LogP contribution in [0, 0.1) is 0 Å². The lowest BCUT2D eigenvalue weighted by Gasteiger charge is -2.12. The van der Waals surface area contributed by atoms with Gasteiger partial charge in [0, 0.05) is 24.1 Å². The monoisotopic (exact) mass is 210 g/mol. The Morgan fingerprint density at radius 2 is 1.73 bits per heavy atom. The van der Waals surface area contributed by atoms with Gasteiger partial charge in [0.1, 0.15) is 23.0 Å². The van der Waals surface area contributed by atoms with Crippen LogP contribution in [0.4, 0.5) is 0 Å². The number of hydrogen-bond donors (Lipinski definition) is 1. The molecule has 82 valence electrons. The van der Waals surface area contributed by atoms with Gasteiger partial charge in [0.15, 0.2) is 0 Å². The van der Waals surface area contributed by atoms with E-state index in [1.165, 1.54) is 33.3 Å². The van der Waals surface area contributed by atoms with Crippen molar-refractivity contribution in [3.8, 4) is 17.2 Å². The first-order valence-electron chi connectivity index (χ1n) is 4.51. The molecule has 4 nitrogen and oxygen atoms in total. The maximum atomic E-state index is 11.1. The van der Waals surface area contributed by atoms with Crippen LogP contribution in [0.3, 0.4) is 0 Å². The van der Waals surface area contributed by atoms with E-state index >= 15 is 0 Å². The van der Waals surface area contributed by atoms with Crippen molar-refractivity contribution >= 4 is 5.78 Å². The molecule has 1 aromatic rings. The van der Waals surface area contributed by atoms with Crippen LogP contribution in [0.15, 0.2) is 12.1 Å². The molecule has 0 aliphatic carbocycles. The molecule has 0 fully saturated rings. The molecule has 0 unspecified atom stereocenters. The Kier molecular flexibility index (Phi) is 3.55. The highest BCUT2D eigenvalue weighted by molar-refractivity contribution is 5.80. The third-order valence-corrected chi connectivity index (χ3v) is 2.02. The Morgan fingerprint density at radius 1 is 1.27 bits per heavy atom. The lowest BCUT2D eigenvalue weighted by Crippen LogP contribution is -2.02. The van der Waals surface area contributed by atoms with Crippen molar-refractivity contribution in [2.75, 3.05) is 14.2 Å². The van der Waals surface area contributed by atoms with E-state index in [4.69, 9.17) is 9.47 Å². The smallest absolute Gasteiger partial charge is 0.134 e. The Labute approximate surface area is 88.4 Å². The number of hydrogen-bond acceptors (Lipinski definition) is 4. The molecule has 1 aromatic carbocycles. The van der Waals surface area contributed by atoms with Gasteiger partial charge in [-0.3, -0.25) is 4.79 Å². The van der Waals surface area contributed by atoms with Crippen molar-refractivity contribution in [1.82, 2.24) is 0 Å². The largest absolute Gasteiger partial charge is 0.508 e. The summed E-state index contributed by atoms with van der Waals surface area (Å²) in [6.45, 7) is 1.49. The van der Waals surface area contributed by atoms with E-state index in [1.54, 1.807) is 0 Å². The van der Waals surface area contributed by atoms with Crippen LogP contribution in [0.1, 0.15) is 12.5 Å². The number of carbonyl (C=O) groups is 1. The number of benzene rings is 1. The van der Waals surface area contributed by atoms with Gasteiger partial charge in [0.25, 0.3) is 0 Å². The SMILES string of the molecule is COc1cc(O)cc(OC)c1CC(C)=O. The van der Waals surface area contributed by atoms with E-state index in [0.717, 1.165) is 0 Å². The molecule has 0 heterocycles. The zero-order valence-electron chi connectivity index (χ0n) is 9.03. The molecule has 0 radical (unpaired) electrons. The molecule has 0 aliphatic rings. The minimum absolute atomic E-state index is 0.0114. The first-order chi connectivity index (χ1) is 7.08. The third-order valence-electron chi connectivity index (χ3n) is 2.02. The summed E-state index contributed by atoms with van der Waals surface area (Å²) in [5.74, 6) is 0.984. The number of phenols is 1. The summed E-state index contributed by atoms with van der Waals surface area (Å²) < 4.78 is 10.2. The van der Waals surface area contributed by atoms with Crippen molar-refractivity contribution in [2.45, 2.75) is 13.3 Å². The predicted octanol–water partition coefficient (Wildman–Crippen LogP) is 1.54. The van der Waals surface area contributed by atoms with Crippen molar-refractivity contribution in [3.05, 3.63) is 17.7 Å². The zero-order valence-corrected chi connectivity index (χ0v) is 9.03. The molecule has 0 bridgehead atoms. The number of aromatic hydroxyl groups is 1. The molecule has 1 N–H and O–H groups in total. The molecule has 1 rings (SSSR count). The second-order valence-electron chi connectivity index (χ2n) is 3.21. The van der Waals surface area contributed by atoms with Gasteiger partial charge in [-0.25, -0.2) is 0 Å². The van der Waals surface area contributed by atoms with Crippen LogP contribution in [-0.4, -0.2) is 25.1 Å². The summed E-state index contributed by atoms with van der Waals surface area (Å²) in [4.78, 5) is 11.1. The summed E-state index contributed by atoms with van der Waals surface area (Å²) in [6, 6.07) is 2.92. The predicted molar refractivity (Wildman–Crippen MR) is 55.6 cm³/mol. The lowest BCUT2D eigenvalue weighted by molar-refractivity contribution is -0.116. The van der Waals surface area contributed by atoms with Gasteiger partial charge in [-0.2, -0.15) is 0 Å². The Balaban J connectivity index is 3.23. The molecular weight excluding hydrogens is 196 g/mol. The maximum absolute atomic E-state index is 11.1. The quantitative estimate of drug-likeness (QED) is 0.819. The summed E-state index contributed by atoms with van der Waals surface area (Å²) in [5, 5.41) is 9.37. The fraction of sp³-hybridized carbons (Fsp3) is 0.364. The van der Waals surface area contributed by atoms with Gasteiger partial charge in [0.05, 0.1) is 14.2 Å². The average Bonchev–Trinajstić information content (AvgIpc) is 2.19. The summed E-state index contributed by atoms with van der Waals surface area (Å²) in [7, 11) is 2.97. The van der Waals surface area contributed by atoms with Crippen molar-refractivity contribution in [3.63, 3.8) is 0 Å². The van der Waals surface area contributed by atoms with Crippen molar-refractivity contribution in [1.29, 1.82) is 0 Å². The molecule has 4 heteroatoms. The fourth-order valence-electron chi connectivity index (χ4n) is 1.39. The first-order valence-corrected chi connectivity index (χ1v) is 4.51. The van der Waals surface area contributed by atoms with Gasteiger partial charge in [-0.15, -0.1) is 0 Å². The standard InChI is InChI=1S/C11H14O4/c1-7(12)4-9-10(14-2)5-8(13)6-11(9)15-3/h5-6,13H,4H2,1-3H3. The second-order valence-corrected chi connectivity index (χ2v) is 3.21. The lowest BCUT2D eigenvalue weighted by atomic mass is 10.1. The van der Waals surface area contributed by atoms with Crippen molar-refractivity contribution in [2.24, 2.45) is 0 Å². The molecule has 15 heavy (non-hydrogen) atoms. The first kappa shape index (κ1) is 11.4. The van der Waals surface area contributed by atoms with E-state index in [0.29, 0.717) is 17.1 Å². The molecular formula is C11H14O4. The van der Waals surface area contributed by atoms with E-state index in [9.17, 15) is 9.90 Å². The van der Waals surface area contributed by atoms with Crippen LogP contribution >= 0.6 is 0 Å². The Bertz CT molecular complexity index is 346. The van der Waals surface area contributed by atoms with Gasteiger partial charge >= 0.3 is 0 Å². The molecule has 0 amide bonds. The molecule has 0 aliphatic heterocycles. The highest BCUT2D eigenvalue weighted by Gasteiger charge is 2.13. The minimum atomic E-state index is 0.0114. The number of methoxy groups -OCH3 is 2. The minimum Gasteiger partial charge on any atom is -0.508 e. The molecule has 0 saturated heterocycles. The number of rotatable bonds is 4. The molecule has 0 atom stereocenters. The number of carbonyl (C=O) groups excluding carboxylic acids is 1. The van der Waals surface area contributed by atoms with Crippen LogP contribution in [0.2, 0.25) is 0 Å².